The van der Waals surface area contributed by atoms with Crippen molar-refractivity contribution < 1.29 is 28.6 Å². The molecule has 0 N–H and O–H groups in total. The lowest BCUT2D eigenvalue weighted by molar-refractivity contribution is -0.167. The summed E-state index contributed by atoms with van der Waals surface area (Å²) in [5.41, 5.74) is 0. The van der Waals surface area contributed by atoms with Gasteiger partial charge in [-0.3, -0.25) is 14.4 Å². The van der Waals surface area contributed by atoms with E-state index in [1.807, 2.05) is 0 Å². The second-order valence-corrected chi connectivity index (χ2v) is 20.6. The molecule has 0 aliphatic carbocycles. The average Bonchev–Trinajstić information content (AvgIpc) is 3.40. The van der Waals surface area contributed by atoms with Crippen LogP contribution in [0.5, 0.6) is 0 Å². The van der Waals surface area contributed by atoms with Crippen molar-refractivity contribution in [1.82, 2.24) is 0 Å². The fourth-order valence-electron chi connectivity index (χ4n) is 8.62. The molecule has 0 saturated carbocycles. The third-order valence-corrected chi connectivity index (χ3v) is 13.3. The van der Waals surface area contributed by atoms with Crippen molar-refractivity contribution in [1.29, 1.82) is 0 Å². The van der Waals surface area contributed by atoms with Crippen molar-refractivity contribution in [2.45, 2.75) is 303 Å². The van der Waals surface area contributed by atoms with E-state index in [1.165, 1.54) is 141 Å². The summed E-state index contributed by atoms with van der Waals surface area (Å²) in [6, 6.07) is 0. The standard InChI is InChI=1S/C68H116O6/c1-4-7-10-13-16-19-22-24-26-28-30-32-33-34-35-37-38-40-42-44-46-49-52-55-58-61-67(70)73-64-65(63-72-66(69)60-57-54-51-48-21-18-15-12-9-6-3)74-68(71)62-59-56-53-50-47-45-43-41-39-36-31-29-27-25-23-20-17-14-11-8-5-2/h8,11-12,15,17,20,25,27-28,30-31,36,41,43,47,50,65H,4-7,9-10,13-14,16,18-19,21-24,26,29,32-35,37-40,42,44-46,48-49,51-64H2,1-3H3/b11-8-,15-12-,20-17-,27-25-,30-28-,36-31-,43-41-,50-47-. The van der Waals surface area contributed by atoms with Crippen LogP contribution in [-0.4, -0.2) is 37.2 Å². The summed E-state index contributed by atoms with van der Waals surface area (Å²) in [4.78, 5) is 38.2. The van der Waals surface area contributed by atoms with Crippen LogP contribution in [-0.2, 0) is 28.6 Å². The predicted molar refractivity (Wildman–Crippen MR) is 320 cm³/mol. The molecule has 74 heavy (non-hydrogen) atoms. The van der Waals surface area contributed by atoms with Gasteiger partial charge in [0.1, 0.15) is 13.2 Å². The third-order valence-electron chi connectivity index (χ3n) is 13.3. The van der Waals surface area contributed by atoms with Gasteiger partial charge in [0.15, 0.2) is 6.10 Å². The zero-order valence-electron chi connectivity index (χ0n) is 48.6. The van der Waals surface area contributed by atoms with Crippen LogP contribution in [0.2, 0.25) is 0 Å². The van der Waals surface area contributed by atoms with Crippen molar-refractivity contribution in [2.75, 3.05) is 13.2 Å². The molecule has 1 atom stereocenters. The number of ether oxygens (including phenoxy) is 3. The van der Waals surface area contributed by atoms with Crippen molar-refractivity contribution in [3.63, 3.8) is 0 Å². The first-order valence-corrected chi connectivity index (χ1v) is 31.2. The fraction of sp³-hybridized carbons (Fsp3) is 0.721. The Morgan fingerprint density at radius 1 is 0.284 bits per heavy atom. The Bertz CT molecular complexity index is 1460. The number of unbranched alkanes of at least 4 members (excludes halogenated alkanes) is 29. The van der Waals surface area contributed by atoms with Gasteiger partial charge in [-0.2, -0.15) is 0 Å². The molecule has 0 aromatic heterocycles. The Hall–Kier alpha value is -3.67. The van der Waals surface area contributed by atoms with E-state index in [4.69, 9.17) is 14.2 Å². The van der Waals surface area contributed by atoms with Gasteiger partial charge in [0.05, 0.1) is 0 Å². The number of hydrogen-bond donors (Lipinski definition) is 0. The molecule has 0 aliphatic rings. The highest BCUT2D eigenvalue weighted by Crippen LogP contribution is 2.16. The Kier molecular flexibility index (Phi) is 58.8. The molecular weight excluding hydrogens is 913 g/mol. The number of rotatable bonds is 56. The van der Waals surface area contributed by atoms with Crippen LogP contribution in [0.25, 0.3) is 0 Å². The van der Waals surface area contributed by atoms with Gasteiger partial charge in [0, 0.05) is 19.3 Å². The molecule has 424 valence electrons. The summed E-state index contributed by atoms with van der Waals surface area (Å²) in [6.07, 6.45) is 82.8. The number of carbonyl (C=O) groups is 3. The third kappa shape index (κ3) is 59.2. The van der Waals surface area contributed by atoms with Crippen molar-refractivity contribution >= 4 is 17.9 Å². The molecule has 6 heteroatoms. The van der Waals surface area contributed by atoms with Crippen LogP contribution in [0.3, 0.4) is 0 Å². The molecule has 1 unspecified atom stereocenters. The van der Waals surface area contributed by atoms with Gasteiger partial charge < -0.3 is 14.2 Å². The molecule has 6 nitrogen and oxygen atoms in total. The van der Waals surface area contributed by atoms with Gasteiger partial charge >= 0.3 is 17.9 Å². The molecule has 0 aliphatic heterocycles. The maximum absolute atomic E-state index is 12.9. The molecule has 0 saturated heterocycles. The molecule has 0 heterocycles. The lowest BCUT2D eigenvalue weighted by Crippen LogP contribution is -2.30. The summed E-state index contributed by atoms with van der Waals surface area (Å²) in [7, 11) is 0. The van der Waals surface area contributed by atoms with Crippen LogP contribution in [0, 0.1) is 0 Å². The minimum atomic E-state index is -0.805. The summed E-state index contributed by atoms with van der Waals surface area (Å²) < 4.78 is 16.8. The first-order valence-electron chi connectivity index (χ1n) is 31.2. The van der Waals surface area contributed by atoms with Crippen molar-refractivity contribution in [3.05, 3.63) is 97.2 Å². The lowest BCUT2D eigenvalue weighted by atomic mass is 10.0. The summed E-state index contributed by atoms with van der Waals surface area (Å²) in [5, 5.41) is 0. The van der Waals surface area contributed by atoms with E-state index in [-0.39, 0.29) is 37.5 Å². The van der Waals surface area contributed by atoms with Gasteiger partial charge in [0.2, 0.25) is 0 Å². The maximum atomic E-state index is 12.9. The lowest BCUT2D eigenvalue weighted by Gasteiger charge is -2.18. The first kappa shape index (κ1) is 70.3. The minimum Gasteiger partial charge on any atom is -0.462 e. The highest BCUT2D eigenvalue weighted by Gasteiger charge is 2.19. The van der Waals surface area contributed by atoms with Gasteiger partial charge in [-0.15, -0.1) is 0 Å². The van der Waals surface area contributed by atoms with Gasteiger partial charge in [-0.05, 0) is 116 Å². The van der Waals surface area contributed by atoms with E-state index in [9.17, 15) is 14.4 Å². The van der Waals surface area contributed by atoms with Crippen LogP contribution in [0.15, 0.2) is 97.2 Å². The van der Waals surface area contributed by atoms with E-state index < -0.39 is 6.10 Å². The van der Waals surface area contributed by atoms with Crippen LogP contribution in [0.4, 0.5) is 0 Å². The monoisotopic (exact) mass is 1030 g/mol. The van der Waals surface area contributed by atoms with Crippen LogP contribution in [0.1, 0.15) is 297 Å². The normalized spacial score (nSPS) is 12.7. The Balaban J connectivity index is 4.31. The quantitative estimate of drug-likeness (QED) is 0.0261. The van der Waals surface area contributed by atoms with Gasteiger partial charge in [-0.1, -0.05) is 259 Å². The molecule has 0 rings (SSSR count). The molecule has 0 spiro atoms. The summed E-state index contributed by atoms with van der Waals surface area (Å²) >= 11 is 0. The fourth-order valence-corrected chi connectivity index (χ4v) is 8.62. The molecule has 0 aromatic rings. The van der Waals surface area contributed by atoms with E-state index in [1.54, 1.807) is 0 Å². The Labute approximate surface area is 457 Å². The number of allylic oxidation sites excluding steroid dienone is 16. The molecule has 0 radical (unpaired) electrons. The highest BCUT2D eigenvalue weighted by atomic mass is 16.6. The minimum absolute atomic E-state index is 0.0973. The van der Waals surface area contributed by atoms with Crippen LogP contribution >= 0.6 is 0 Å². The van der Waals surface area contributed by atoms with Crippen molar-refractivity contribution in [2.24, 2.45) is 0 Å². The number of esters is 3. The molecule has 0 bridgehead atoms. The Morgan fingerprint density at radius 2 is 0.554 bits per heavy atom. The zero-order chi connectivity index (χ0) is 53.6. The van der Waals surface area contributed by atoms with E-state index in [0.717, 1.165) is 109 Å². The second kappa shape index (κ2) is 61.9. The van der Waals surface area contributed by atoms with Crippen molar-refractivity contribution in [3.8, 4) is 0 Å². The first-order chi connectivity index (χ1) is 36.5. The van der Waals surface area contributed by atoms with E-state index in [2.05, 4.69) is 118 Å². The average molecular weight is 1030 g/mol. The maximum Gasteiger partial charge on any atom is 0.306 e. The van der Waals surface area contributed by atoms with Gasteiger partial charge in [-0.25, -0.2) is 0 Å². The molecular formula is C68H116O6. The number of hydrogen-bond acceptors (Lipinski definition) is 6. The van der Waals surface area contributed by atoms with E-state index in [0.29, 0.717) is 19.3 Å². The predicted octanol–water partition coefficient (Wildman–Crippen LogP) is 21.3. The van der Waals surface area contributed by atoms with Gasteiger partial charge in [0.25, 0.3) is 0 Å². The highest BCUT2D eigenvalue weighted by molar-refractivity contribution is 5.71. The smallest absolute Gasteiger partial charge is 0.306 e. The second-order valence-electron chi connectivity index (χ2n) is 20.6. The zero-order valence-corrected chi connectivity index (χ0v) is 48.6. The topological polar surface area (TPSA) is 78.9 Å². The molecule has 0 aromatic carbocycles. The molecule has 0 amide bonds. The largest absolute Gasteiger partial charge is 0.462 e. The Morgan fingerprint density at radius 3 is 0.919 bits per heavy atom. The van der Waals surface area contributed by atoms with E-state index >= 15 is 0 Å². The van der Waals surface area contributed by atoms with Crippen LogP contribution < -0.4 is 0 Å². The SMILES string of the molecule is CC/C=C\C/C=C\C/C=C\C/C=C\C/C=C\C/C=C\CCCCC(=O)OC(COC(=O)CCCCCCC/C=C\CCC)COC(=O)CCCCCCCCCCCCCCC/C=C\CCCCCCCCCC. The summed E-state index contributed by atoms with van der Waals surface area (Å²) in [6.45, 7) is 6.44. The molecule has 0 fully saturated rings. The number of carbonyl (C=O) groups excluding carboxylic acids is 3. The summed E-state index contributed by atoms with van der Waals surface area (Å²) in [5.74, 6) is -0.947.